The standard InChI is InChI=1S/C14H16Cl2N2O/c1-3-6-18-13(12(16)8-17-18)14(19)11-7-10(15)5-4-9(11)2/h4-5,7-8,14,19H,3,6H2,1-2H3. The molecule has 0 saturated heterocycles. The maximum absolute atomic E-state index is 10.6. The second-order valence-corrected chi connectivity index (χ2v) is 5.35. The Labute approximate surface area is 122 Å². The van der Waals surface area contributed by atoms with Gasteiger partial charge in [0.2, 0.25) is 0 Å². The molecule has 2 aromatic rings. The maximum Gasteiger partial charge on any atom is 0.122 e. The quantitative estimate of drug-likeness (QED) is 0.927. The summed E-state index contributed by atoms with van der Waals surface area (Å²) in [5, 5.41) is 15.8. The van der Waals surface area contributed by atoms with Crippen LogP contribution in [-0.2, 0) is 6.54 Å². The number of aliphatic hydroxyl groups excluding tert-OH is 1. The number of nitrogens with zero attached hydrogens (tertiary/aromatic N) is 2. The molecule has 3 nitrogen and oxygen atoms in total. The van der Waals surface area contributed by atoms with Gasteiger partial charge in [-0.05, 0) is 36.6 Å². The van der Waals surface area contributed by atoms with Crippen molar-refractivity contribution in [2.45, 2.75) is 32.9 Å². The van der Waals surface area contributed by atoms with E-state index in [1.807, 2.05) is 13.0 Å². The van der Waals surface area contributed by atoms with Gasteiger partial charge in [-0.1, -0.05) is 36.2 Å². The Kier molecular flexibility index (Phi) is 4.50. The molecule has 0 spiro atoms. The summed E-state index contributed by atoms with van der Waals surface area (Å²) >= 11 is 12.1. The molecule has 1 N–H and O–H groups in total. The SMILES string of the molecule is CCCn1ncc(Cl)c1C(O)c1cc(Cl)ccc1C. The fourth-order valence-electron chi connectivity index (χ4n) is 2.09. The Morgan fingerprint density at radius 3 is 2.79 bits per heavy atom. The van der Waals surface area contributed by atoms with Crippen LogP contribution in [0.25, 0.3) is 0 Å². The molecule has 0 bridgehead atoms. The van der Waals surface area contributed by atoms with Gasteiger partial charge in [-0.15, -0.1) is 0 Å². The zero-order chi connectivity index (χ0) is 14.0. The molecule has 1 atom stereocenters. The molecule has 0 saturated carbocycles. The Hall–Kier alpha value is -1.03. The van der Waals surface area contributed by atoms with Crippen LogP contribution >= 0.6 is 23.2 Å². The predicted octanol–water partition coefficient (Wildman–Crippen LogP) is 3.99. The number of aliphatic hydroxyl groups is 1. The highest BCUT2D eigenvalue weighted by Gasteiger charge is 2.21. The summed E-state index contributed by atoms with van der Waals surface area (Å²) in [6, 6.07) is 5.45. The summed E-state index contributed by atoms with van der Waals surface area (Å²) in [6.07, 6.45) is 1.67. The lowest BCUT2D eigenvalue weighted by atomic mass is 10.0. The molecule has 1 unspecified atom stereocenters. The Morgan fingerprint density at radius 2 is 2.11 bits per heavy atom. The van der Waals surface area contributed by atoms with E-state index >= 15 is 0 Å². The monoisotopic (exact) mass is 298 g/mol. The first-order valence-corrected chi connectivity index (χ1v) is 6.95. The van der Waals surface area contributed by atoms with Crippen LogP contribution in [0.5, 0.6) is 0 Å². The van der Waals surface area contributed by atoms with Crippen LogP contribution in [0.3, 0.4) is 0 Å². The second-order valence-electron chi connectivity index (χ2n) is 4.50. The van der Waals surface area contributed by atoms with E-state index in [1.165, 1.54) is 0 Å². The van der Waals surface area contributed by atoms with Crippen molar-refractivity contribution in [2.75, 3.05) is 0 Å². The smallest absolute Gasteiger partial charge is 0.122 e. The number of hydrogen-bond donors (Lipinski definition) is 1. The van der Waals surface area contributed by atoms with Crippen molar-refractivity contribution in [3.63, 3.8) is 0 Å². The number of rotatable bonds is 4. The van der Waals surface area contributed by atoms with Crippen molar-refractivity contribution < 1.29 is 5.11 Å². The van der Waals surface area contributed by atoms with E-state index in [4.69, 9.17) is 23.2 Å². The van der Waals surface area contributed by atoms with Gasteiger partial charge in [0.1, 0.15) is 6.10 Å². The third-order valence-electron chi connectivity index (χ3n) is 3.06. The zero-order valence-electron chi connectivity index (χ0n) is 10.9. The molecule has 1 aromatic heterocycles. The minimum atomic E-state index is -0.819. The van der Waals surface area contributed by atoms with Gasteiger partial charge >= 0.3 is 0 Å². The molecule has 0 aliphatic carbocycles. The van der Waals surface area contributed by atoms with Crippen LogP contribution in [0, 0.1) is 6.92 Å². The van der Waals surface area contributed by atoms with Crippen molar-refractivity contribution in [1.29, 1.82) is 0 Å². The van der Waals surface area contributed by atoms with Crippen molar-refractivity contribution in [3.05, 3.63) is 51.3 Å². The third kappa shape index (κ3) is 2.94. The fourth-order valence-corrected chi connectivity index (χ4v) is 2.51. The predicted molar refractivity (Wildman–Crippen MR) is 77.8 cm³/mol. The number of aryl methyl sites for hydroxylation is 2. The highest BCUT2D eigenvalue weighted by atomic mass is 35.5. The van der Waals surface area contributed by atoms with E-state index in [0.29, 0.717) is 15.7 Å². The summed E-state index contributed by atoms with van der Waals surface area (Å²) in [6.45, 7) is 4.71. The Balaban J connectivity index is 2.46. The van der Waals surface area contributed by atoms with E-state index in [1.54, 1.807) is 23.0 Å². The van der Waals surface area contributed by atoms with E-state index < -0.39 is 6.10 Å². The first-order chi connectivity index (χ1) is 9.04. The van der Waals surface area contributed by atoms with Gasteiger partial charge in [0, 0.05) is 11.6 Å². The van der Waals surface area contributed by atoms with Crippen LogP contribution in [-0.4, -0.2) is 14.9 Å². The number of benzene rings is 1. The largest absolute Gasteiger partial charge is 0.382 e. The Bertz CT molecular complexity index is 581. The molecule has 0 fully saturated rings. The van der Waals surface area contributed by atoms with Crippen LogP contribution < -0.4 is 0 Å². The molecular weight excluding hydrogens is 283 g/mol. The summed E-state index contributed by atoms with van der Waals surface area (Å²) in [5.74, 6) is 0. The summed E-state index contributed by atoms with van der Waals surface area (Å²) < 4.78 is 1.74. The molecule has 19 heavy (non-hydrogen) atoms. The van der Waals surface area contributed by atoms with Crippen molar-refractivity contribution >= 4 is 23.2 Å². The van der Waals surface area contributed by atoms with Crippen LogP contribution in [0.4, 0.5) is 0 Å². The molecule has 1 heterocycles. The van der Waals surface area contributed by atoms with Gasteiger partial charge in [-0.25, -0.2) is 0 Å². The van der Waals surface area contributed by atoms with Gasteiger partial charge in [0.05, 0.1) is 16.9 Å². The second kappa shape index (κ2) is 5.95. The topological polar surface area (TPSA) is 38.0 Å². The molecule has 0 aliphatic heterocycles. The number of hydrogen-bond acceptors (Lipinski definition) is 2. The molecule has 0 amide bonds. The lowest BCUT2D eigenvalue weighted by molar-refractivity contribution is 0.206. The minimum absolute atomic E-state index is 0.473. The molecule has 0 radical (unpaired) electrons. The summed E-state index contributed by atoms with van der Waals surface area (Å²) in [7, 11) is 0. The van der Waals surface area contributed by atoms with E-state index in [2.05, 4.69) is 12.0 Å². The third-order valence-corrected chi connectivity index (χ3v) is 3.59. The van der Waals surface area contributed by atoms with E-state index in [0.717, 1.165) is 24.1 Å². The van der Waals surface area contributed by atoms with Gasteiger partial charge in [0.25, 0.3) is 0 Å². The van der Waals surface area contributed by atoms with Crippen LogP contribution in [0.15, 0.2) is 24.4 Å². The van der Waals surface area contributed by atoms with Gasteiger partial charge in [0.15, 0.2) is 0 Å². The fraction of sp³-hybridized carbons (Fsp3) is 0.357. The highest BCUT2D eigenvalue weighted by molar-refractivity contribution is 6.31. The average Bonchev–Trinajstić information content (AvgIpc) is 2.73. The normalized spacial score (nSPS) is 12.7. The summed E-state index contributed by atoms with van der Waals surface area (Å²) in [4.78, 5) is 0. The molecule has 2 rings (SSSR count). The molecule has 0 aliphatic rings. The summed E-state index contributed by atoms with van der Waals surface area (Å²) in [5.41, 5.74) is 2.35. The van der Waals surface area contributed by atoms with Crippen LogP contribution in [0.2, 0.25) is 10.0 Å². The first kappa shape index (κ1) is 14.4. The molecular formula is C14H16Cl2N2O. The minimum Gasteiger partial charge on any atom is -0.382 e. The lowest BCUT2D eigenvalue weighted by Crippen LogP contribution is -2.11. The number of aromatic nitrogens is 2. The highest BCUT2D eigenvalue weighted by Crippen LogP contribution is 2.31. The molecule has 102 valence electrons. The average molecular weight is 299 g/mol. The van der Waals surface area contributed by atoms with Crippen molar-refractivity contribution in [1.82, 2.24) is 9.78 Å². The van der Waals surface area contributed by atoms with Gasteiger partial charge in [-0.3, -0.25) is 4.68 Å². The van der Waals surface area contributed by atoms with E-state index in [-0.39, 0.29) is 0 Å². The lowest BCUT2D eigenvalue weighted by Gasteiger charge is -2.16. The first-order valence-electron chi connectivity index (χ1n) is 6.20. The Morgan fingerprint density at radius 1 is 1.37 bits per heavy atom. The van der Waals surface area contributed by atoms with E-state index in [9.17, 15) is 5.11 Å². The van der Waals surface area contributed by atoms with Gasteiger partial charge < -0.3 is 5.11 Å². The van der Waals surface area contributed by atoms with Crippen molar-refractivity contribution in [2.24, 2.45) is 0 Å². The molecule has 1 aromatic carbocycles. The maximum atomic E-state index is 10.6. The van der Waals surface area contributed by atoms with Gasteiger partial charge in [-0.2, -0.15) is 5.10 Å². The molecule has 5 heteroatoms. The van der Waals surface area contributed by atoms with Crippen LogP contribution in [0.1, 0.15) is 36.3 Å². The zero-order valence-corrected chi connectivity index (χ0v) is 12.4. The van der Waals surface area contributed by atoms with Crippen molar-refractivity contribution in [3.8, 4) is 0 Å². The number of halogens is 2.